The lowest BCUT2D eigenvalue weighted by Gasteiger charge is -1.95. The van der Waals surface area contributed by atoms with E-state index in [0.717, 1.165) is 6.42 Å². The van der Waals surface area contributed by atoms with Crippen molar-refractivity contribution in [1.29, 1.82) is 0 Å². The first-order chi connectivity index (χ1) is 4.91. The number of methoxy groups -OCH3 is 2. The molecule has 0 aromatic rings. The fourth-order valence-electron chi connectivity index (χ4n) is 0.398. The van der Waals surface area contributed by atoms with Gasteiger partial charge in [-0.15, -0.1) is 0 Å². The Labute approximate surface area is 61.3 Å². The molecule has 3 nitrogen and oxygen atoms in total. The lowest BCUT2D eigenvalue weighted by atomic mass is 10.5. The van der Waals surface area contributed by atoms with Gasteiger partial charge in [0.15, 0.2) is 12.2 Å². The van der Waals surface area contributed by atoms with E-state index in [1.165, 1.54) is 7.11 Å². The molecule has 0 saturated heterocycles. The summed E-state index contributed by atoms with van der Waals surface area (Å²) < 4.78 is 14.0. The first kappa shape index (κ1) is 9.12. The van der Waals surface area contributed by atoms with Gasteiger partial charge in [-0.05, 0) is 0 Å². The molecule has 3 heteroatoms. The third kappa shape index (κ3) is 7.12. The minimum atomic E-state index is 0.588. The van der Waals surface area contributed by atoms with E-state index < -0.39 is 0 Å². The van der Waals surface area contributed by atoms with E-state index in [1.807, 2.05) is 0 Å². The average Bonchev–Trinajstić information content (AvgIpc) is 1.97. The van der Waals surface area contributed by atoms with Gasteiger partial charge < -0.3 is 14.2 Å². The molecule has 0 atom stereocenters. The van der Waals surface area contributed by atoms with Crippen LogP contribution in [-0.4, -0.2) is 27.4 Å². The highest BCUT2D eigenvalue weighted by molar-refractivity contribution is 4.79. The van der Waals surface area contributed by atoms with Crippen molar-refractivity contribution in [2.75, 3.05) is 27.4 Å². The Morgan fingerprint density at radius 2 is 1.90 bits per heavy atom. The van der Waals surface area contributed by atoms with Crippen LogP contribution in [0.15, 0.2) is 0 Å². The van der Waals surface area contributed by atoms with Gasteiger partial charge in [-0.2, -0.15) is 0 Å². The molecule has 0 rings (SSSR count). The van der Waals surface area contributed by atoms with Crippen LogP contribution in [-0.2, 0) is 14.2 Å². The van der Waals surface area contributed by atoms with Gasteiger partial charge in [0.05, 0.1) is 7.11 Å². The van der Waals surface area contributed by atoms with Crippen LogP contribution in [0.3, 0.4) is 0 Å². The fraction of sp³-hybridized carbons (Fsp3) is 0.714. The van der Waals surface area contributed by atoms with E-state index >= 15 is 0 Å². The van der Waals surface area contributed by atoms with Crippen molar-refractivity contribution in [3.63, 3.8) is 0 Å². The molecule has 0 saturated carbocycles. The zero-order chi connectivity index (χ0) is 7.66. The number of hydrogen-bond acceptors (Lipinski definition) is 3. The quantitative estimate of drug-likeness (QED) is 0.427. The van der Waals surface area contributed by atoms with E-state index in [4.69, 9.17) is 9.47 Å². The molecule has 0 radical (unpaired) electrons. The monoisotopic (exact) mass is 144 g/mol. The molecule has 10 heavy (non-hydrogen) atoms. The van der Waals surface area contributed by atoms with Crippen LogP contribution in [0.25, 0.3) is 0 Å². The molecule has 58 valence electrons. The highest BCUT2D eigenvalue weighted by atomic mass is 16.5. The molecular formula is C7H12O3. The van der Waals surface area contributed by atoms with Crippen LogP contribution in [0, 0.1) is 12.2 Å². The minimum Gasteiger partial charge on any atom is -0.448 e. The average molecular weight is 144 g/mol. The lowest BCUT2D eigenvalue weighted by Crippen LogP contribution is -1.94. The van der Waals surface area contributed by atoms with Crippen molar-refractivity contribution >= 4 is 0 Å². The Bertz CT molecular complexity index is 112. The summed E-state index contributed by atoms with van der Waals surface area (Å²) in [5.74, 6) is 0. The van der Waals surface area contributed by atoms with Gasteiger partial charge in [0.25, 0.3) is 0 Å². The van der Waals surface area contributed by atoms with Crippen LogP contribution in [0.2, 0.25) is 0 Å². The Morgan fingerprint density at radius 3 is 2.50 bits per heavy atom. The first-order valence-corrected chi connectivity index (χ1v) is 3.05. The zero-order valence-corrected chi connectivity index (χ0v) is 6.35. The Balaban J connectivity index is 2.90. The minimum absolute atomic E-state index is 0.588. The van der Waals surface area contributed by atoms with E-state index in [-0.39, 0.29) is 0 Å². The highest BCUT2D eigenvalue weighted by Gasteiger charge is 1.82. The maximum Gasteiger partial charge on any atom is 0.154 e. The number of ether oxygens (including phenoxy) is 3. The summed E-state index contributed by atoms with van der Waals surface area (Å²) in [4.78, 5) is 0. The summed E-state index contributed by atoms with van der Waals surface area (Å²) in [6.45, 7) is 1.29. The van der Waals surface area contributed by atoms with Gasteiger partial charge in [-0.25, -0.2) is 0 Å². The molecule has 0 amide bonds. The third-order valence-corrected chi connectivity index (χ3v) is 0.811. The molecule has 0 N–H and O–H groups in total. The summed E-state index contributed by atoms with van der Waals surface area (Å²) in [6.07, 6.45) is 5.53. The largest absolute Gasteiger partial charge is 0.448 e. The van der Waals surface area contributed by atoms with Crippen molar-refractivity contribution in [3.05, 3.63) is 0 Å². The SMILES string of the molecule is COC#COCCCOC. The smallest absolute Gasteiger partial charge is 0.154 e. The summed E-state index contributed by atoms with van der Waals surface area (Å²) in [6, 6.07) is 0. The summed E-state index contributed by atoms with van der Waals surface area (Å²) in [5.41, 5.74) is 0. The Kier molecular flexibility index (Phi) is 7.41. The van der Waals surface area contributed by atoms with Gasteiger partial charge in [0, 0.05) is 20.1 Å². The molecule has 0 spiro atoms. The second kappa shape index (κ2) is 8.12. The van der Waals surface area contributed by atoms with Crippen molar-refractivity contribution in [2.45, 2.75) is 6.42 Å². The normalized spacial score (nSPS) is 7.80. The summed E-state index contributed by atoms with van der Waals surface area (Å²) >= 11 is 0. The van der Waals surface area contributed by atoms with Gasteiger partial charge in [0.2, 0.25) is 0 Å². The van der Waals surface area contributed by atoms with Crippen LogP contribution in [0.1, 0.15) is 6.42 Å². The van der Waals surface area contributed by atoms with Crippen molar-refractivity contribution < 1.29 is 14.2 Å². The van der Waals surface area contributed by atoms with E-state index in [9.17, 15) is 0 Å². The molecule has 0 aromatic carbocycles. The highest BCUT2D eigenvalue weighted by Crippen LogP contribution is 1.80. The van der Waals surface area contributed by atoms with Crippen LogP contribution >= 0.6 is 0 Å². The molecule has 0 aliphatic carbocycles. The standard InChI is InChI=1S/C7H12O3/c1-8-4-3-5-10-7-6-9-2/h3-5H2,1-2H3. The predicted molar refractivity (Wildman–Crippen MR) is 37.2 cm³/mol. The van der Waals surface area contributed by atoms with Gasteiger partial charge in [0.1, 0.15) is 6.61 Å². The second-order valence-corrected chi connectivity index (χ2v) is 1.60. The Morgan fingerprint density at radius 1 is 1.10 bits per heavy atom. The Hall–Kier alpha value is -0.880. The zero-order valence-electron chi connectivity index (χ0n) is 6.35. The van der Waals surface area contributed by atoms with Crippen LogP contribution < -0.4 is 0 Å². The lowest BCUT2D eigenvalue weighted by molar-refractivity contribution is 0.163. The molecule has 0 aliphatic heterocycles. The fourth-order valence-corrected chi connectivity index (χ4v) is 0.398. The molecule has 0 fully saturated rings. The van der Waals surface area contributed by atoms with E-state index in [0.29, 0.717) is 13.2 Å². The van der Waals surface area contributed by atoms with Gasteiger partial charge >= 0.3 is 0 Å². The van der Waals surface area contributed by atoms with E-state index in [1.54, 1.807) is 7.11 Å². The second-order valence-electron chi connectivity index (χ2n) is 1.60. The van der Waals surface area contributed by atoms with Gasteiger partial charge in [-0.3, -0.25) is 0 Å². The van der Waals surface area contributed by atoms with Crippen LogP contribution in [0.5, 0.6) is 0 Å². The first-order valence-electron chi connectivity index (χ1n) is 3.05. The van der Waals surface area contributed by atoms with Gasteiger partial charge in [-0.1, -0.05) is 0 Å². The maximum absolute atomic E-state index is 4.81. The molecule has 0 bridgehead atoms. The molecule has 0 unspecified atom stereocenters. The van der Waals surface area contributed by atoms with E-state index in [2.05, 4.69) is 16.9 Å². The number of rotatable bonds is 4. The van der Waals surface area contributed by atoms with Crippen molar-refractivity contribution in [3.8, 4) is 12.2 Å². The number of hydrogen-bond donors (Lipinski definition) is 0. The maximum atomic E-state index is 4.81. The van der Waals surface area contributed by atoms with Crippen LogP contribution in [0.4, 0.5) is 0 Å². The molecular weight excluding hydrogens is 132 g/mol. The molecule has 0 heterocycles. The summed E-state index contributed by atoms with van der Waals surface area (Å²) in [5, 5.41) is 0. The van der Waals surface area contributed by atoms with Crippen molar-refractivity contribution in [1.82, 2.24) is 0 Å². The third-order valence-electron chi connectivity index (χ3n) is 0.811. The predicted octanol–water partition coefficient (Wildman–Crippen LogP) is 0.604. The molecule has 0 aromatic heterocycles. The summed E-state index contributed by atoms with van der Waals surface area (Å²) in [7, 11) is 3.15. The van der Waals surface area contributed by atoms with Crippen molar-refractivity contribution in [2.24, 2.45) is 0 Å². The molecule has 0 aliphatic rings. The topological polar surface area (TPSA) is 27.7 Å².